The van der Waals surface area contributed by atoms with Gasteiger partial charge in [-0.2, -0.15) is 0 Å². The van der Waals surface area contributed by atoms with Gasteiger partial charge in [-0.3, -0.25) is 0 Å². The van der Waals surface area contributed by atoms with E-state index in [0.717, 1.165) is 71.8 Å². The number of anilines is 3. The average Bonchev–Trinajstić information content (AvgIpc) is 3.67. The van der Waals surface area contributed by atoms with E-state index in [2.05, 4.69) is 181 Å². The van der Waals surface area contributed by atoms with Crippen LogP contribution in [-0.2, 0) is 0 Å². The predicted octanol–water partition coefficient (Wildman–Crippen LogP) is 14.2. The molecule has 12 rings (SSSR count). The summed E-state index contributed by atoms with van der Waals surface area (Å²) in [5.74, 6) is 1.80. The summed E-state index contributed by atoms with van der Waals surface area (Å²) < 4.78 is 6.33. The summed E-state index contributed by atoms with van der Waals surface area (Å²) in [5, 5.41) is 6.66. The van der Waals surface area contributed by atoms with Gasteiger partial charge in [0.25, 0.3) is 0 Å². The molecule has 1 aliphatic rings. The zero-order valence-electron chi connectivity index (χ0n) is 31.2. The Morgan fingerprint density at radius 1 is 0.345 bits per heavy atom. The van der Waals surface area contributed by atoms with E-state index in [1.807, 2.05) is 18.2 Å². The third kappa shape index (κ3) is 5.14. The lowest BCUT2D eigenvalue weighted by Gasteiger charge is -2.34. The summed E-state index contributed by atoms with van der Waals surface area (Å²) >= 11 is 0. The van der Waals surface area contributed by atoms with Gasteiger partial charge in [0.15, 0.2) is 17.5 Å². The molecule has 0 unspecified atom stereocenters. The highest BCUT2D eigenvalue weighted by atomic mass is 16.3. The summed E-state index contributed by atoms with van der Waals surface area (Å²) in [6.45, 7) is 0. The van der Waals surface area contributed by atoms with E-state index in [9.17, 15) is 0 Å². The lowest BCUT2D eigenvalue weighted by molar-refractivity contribution is 0.669. The van der Waals surface area contributed by atoms with Crippen LogP contribution in [0.4, 0.5) is 17.1 Å². The maximum Gasteiger partial charge on any atom is 0.164 e. The molecule has 0 saturated heterocycles. The molecular weight excluding hydrogens is 709 g/mol. The monoisotopic (exact) mass is 740 g/mol. The normalized spacial score (nSPS) is 12.1. The molecule has 0 spiro atoms. The standard InChI is InChI=1S/C53H32N4O/c1-3-12-33(13-4-1)36-25-28-46-45(31-36)43-20-11-19-42-44(27-29-47(50(42)43)57(46)39-16-5-2-6-17-39)53-55-51(37-23-22-34-14-7-8-15-35(34)30-37)54-52(56-53)38-24-26-41-40-18-9-10-21-48(40)58-49(41)32-38/h1-32H. The zero-order valence-corrected chi connectivity index (χ0v) is 31.2. The summed E-state index contributed by atoms with van der Waals surface area (Å²) in [7, 11) is 0. The van der Waals surface area contributed by atoms with Crippen LogP contribution in [0.1, 0.15) is 0 Å². The van der Waals surface area contributed by atoms with E-state index in [1.165, 1.54) is 27.6 Å². The van der Waals surface area contributed by atoms with Crippen LogP contribution in [0.2, 0.25) is 0 Å². The molecule has 0 aliphatic carbocycles. The van der Waals surface area contributed by atoms with Crippen LogP contribution >= 0.6 is 0 Å². The van der Waals surface area contributed by atoms with Gasteiger partial charge in [0.2, 0.25) is 0 Å². The van der Waals surface area contributed by atoms with Crippen molar-refractivity contribution in [3.05, 3.63) is 194 Å². The highest BCUT2D eigenvalue weighted by Crippen LogP contribution is 2.53. The molecule has 0 atom stereocenters. The Hall–Kier alpha value is -7.89. The minimum Gasteiger partial charge on any atom is -0.456 e. The number of fused-ring (bicyclic) bond motifs is 6. The van der Waals surface area contributed by atoms with Crippen molar-refractivity contribution < 1.29 is 4.42 Å². The van der Waals surface area contributed by atoms with E-state index in [1.54, 1.807) is 0 Å². The lowest BCUT2D eigenvalue weighted by Crippen LogP contribution is -2.15. The van der Waals surface area contributed by atoms with Crippen LogP contribution in [0.3, 0.4) is 0 Å². The molecule has 9 aromatic carbocycles. The fourth-order valence-corrected chi connectivity index (χ4v) is 8.68. The van der Waals surface area contributed by atoms with Crippen molar-refractivity contribution in [2.45, 2.75) is 0 Å². The van der Waals surface area contributed by atoms with E-state index < -0.39 is 0 Å². The van der Waals surface area contributed by atoms with Crippen LogP contribution in [0, 0.1) is 0 Å². The minimum absolute atomic E-state index is 0.583. The third-order valence-electron chi connectivity index (χ3n) is 11.4. The molecule has 11 aromatic rings. The van der Waals surface area contributed by atoms with Crippen molar-refractivity contribution in [2.75, 3.05) is 4.90 Å². The maximum atomic E-state index is 6.33. The molecule has 2 aromatic heterocycles. The number of furan rings is 1. The highest BCUT2D eigenvalue weighted by molar-refractivity contribution is 6.17. The average molecular weight is 741 g/mol. The Bertz CT molecular complexity index is 3410. The summed E-state index contributed by atoms with van der Waals surface area (Å²) in [6, 6.07) is 68.2. The highest BCUT2D eigenvalue weighted by Gasteiger charge is 2.28. The molecule has 270 valence electrons. The second-order valence-corrected chi connectivity index (χ2v) is 14.8. The van der Waals surface area contributed by atoms with Gasteiger partial charge in [0.1, 0.15) is 11.2 Å². The lowest BCUT2D eigenvalue weighted by atomic mass is 9.87. The third-order valence-corrected chi connectivity index (χ3v) is 11.4. The van der Waals surface area contributed by atoms with E-state index in [4.69, 9.17) is 19.4 Å². The van der Waals surface area contributed by atoms with Crippen LogP contribution in [0.15, 0.2) is 199 Å². The second kappa shape index (κ2) is 12.8. The van der Waals surface area contributed by atoms with E-state index in [-0.39, 0.29) is 0 Å². The van der Waals surface area contributed by atoms with E-state index in [0.29, 0.717) is 17.5 Å². The van der Waals surface area contributed by atoms with Crippen molar-refractivity contribution in [2.24, 2.45) is 0 Å². The Labute approximate surface area is 334 Å². The molecule has 0 fully saturated rings. The number of hydrogen-bond acceptors (Lipinski definition) is 5. The molecule has 5 heteroatoms. The van der Waals surface area contributed by atoms with Gasteiger partial charge in [-0.15, -0.1) is 0 Å². The fourth-order valence-electron chi connectivity index (χ4n) is 8.68. The molecule has 0 saturated carbocycles. The predicted molar refractivity (Wildman–Crippen MR) is 238 cm³/mol. The maximum absolute atomic E-state index is 6.33. The largest absolute Gasteiger partial charge is 0.456 e. The molecule has 58 heavy (non-hydrogen) atoms. The number of benzene rings is 9. The smallest absolute Gasteiger partial charge is 0.164 e. The van der Waals surface area contributed by atoms with Crippen molar-refractivity contribution in [3.63, 3.8) is 0 Å². The van der Waals surface area contributed by atoms with Gasteiger partial charge in [-0.25, -0.2) is 15.0 Å². The molecule has 5 nitrogen and oxygen atoms in total. The number of nitrogens with zero attached hydrogens (tertiary/aromatic N) is 4. The van der Waals surface area contributed by atoms with Gasteiger partial charge >= 0.3 is 0 Å². The van der Waals surface area contributed by atoms with Crippen LogP contribution < -0.4 is 4.90 Å². The van der Waals surface area contributed by atoms with Crippen LogP contribution in [-0.4, -0.2) is 15.0 Å². The minimum atomic E-state index is 0.583. The number of para-hydroxylation sites is 2. The van der Waals surface area contributed by atoms with Gasteiger partial charge in [0, 0.05) is 44.1 Å². The second-order valence-electron chi connectivity index (χ2n) is 14.8. The number of aromatic nitrogens is 3. The molecule has 3 heterocycles. The van der Waals surface area contributed by atoms with Crippen molar-refractivity contribution in [3.8, 4) is 56.4 Å². The van der Waals surface area contributed by atoms with Gasteiger partial charge in [-0.05, 0) is 93.5 Å². The SMILES string of the molecule is c1ccc(-c2ccc3c(c2)-c2cccc4c(-c5nc(-c6ccc7ccccc7c6)nc(-c6ccc7c(c6)oc6ccccc67)n5)ccc(c24)N3c2ccccc2)cc1. The summed E-state index contributed by atoms with van der Waals surface area (Å²) in [5.41, 5.74) is 12.4. The quantitative estimate of drug-likeness (QED) is 0.176. The molecule has 1 aliphatic heterocycles. The first kappa shape index (κ1) is 32.4. The summed E-state index contributed by atoms with van der Waals surface area (Å²) in [6.07, 6.45) is 0. The Morgan fingerprint density at radius 2 is 1.00 bits per heavy atom. The first-order chi connectivity index (χ1) is 28.7. The Morgan fingerprint density at radius 3 is 1.86 bits per heavy atom. The molecular formula is C53H32N4O. The first-order valence-corrected chi connectivity index (χ1v) is 19.5. The van der Waals surface area contributed by atoms with Gasteiger partial charge in [-0.1, -0.05) is 133 Å². The molecule has 0 amide bonds. The Balaban J connectivity index is 1.10. The Kier molecular flexibility index (Phi) is 7.16. The van der Waals surface area contributed by atoms with Crippen LogP contribution in [0.5, 0.6) is 0 Å². The topological polar surface area (TPSA) is 55.1 Å². The molecule has 0 N–H and O–H groups in total. The van der Waals surface area contributed by atoms with Gasteiger partial charge < -0.3 is 9.32 Å². The van der Waals surface area contributed by atoms with Crippen molar-refractivity contribution in [1.82, 2.24) is 15.0 Å². The number of hydrogen-bond donors (Lipinski definition) is 0. The molecule has 0 bridgehead atoms. The van der Waals surface area contributed by atoms with Gasteiger partial charge in [0.05, 0.1) is 11.4 Å². The first-order valence-electron chi connectivity index (χ1n) is 19.5. The van der Waals surface area contributed by atoms with Crippen molar-refractivity contribution in [1.29, 1.82) is 0 Å². The summed E-state index contributed by atoms with van der Waals surface area (Å²) in [4.78, 5) is 18.1. The fraction of sp³-hybridized carbons (Fsp3) is 0. The van der Waals surface area contributed by atoms with E-state index >= 15 is 0 Å². The number of rotatable bonds is 5. The van der Waals surface area contributed by atoms with Crippen LogP contribution in [0.25, 0.3) is 99.9 Å². The zero-order chi connectivity index (χ0) is 38.2. The van der Waals surface area contributed by atoms with Crippen molar-refractivity contribution >= 4 is 60.5 Å². The molecule has 0 radical (unpaired) electrons.